The fraction of sp³-hybridized carbons (Fsp3) is 0.933. The molecule has 4 heteroatoms. The highest BCUT2D eigenvalue weighted by molar-refractivity contribution is 5.79. The molecule has 1 aliphatic heterocycles. The maximum atomic E-state index is 12.4. The average molecular weight is 268 g/mol. The van der Waals surface area contributed by atoms with Crippen molar-refractivity contribution >= 4 is 5.91 Å². The summed E-state index contributed by atoms with van der Waals surface area (Å²) in [6.07, 6.45) is 6.63. The largest absolute Gasteiger partial charge is 0.381 e. The molecule has 110 valence electrons. The number of hydrogen-bond donors (Lipinski definition) is 2. The van der Waals surface area contributed by atoms with Gasteiger partial charge in [0.1, 0.15) is 0 Å². The summed E-state index contributed by atoms with van der Waals surface area (Å²) in [6, 6.07) is 0.261. The van der Waals surface area contributed by atoms with Gasteiger partial charge in [0.2, 0.25) is 5.91 Å². The van der Waals surface area contributed by atoms with Crippen LogP contribution in [0.1, 0.15) is 45.4 Å². The van der Waals surface area contributed by atoms with Gasteiger partial charge in [-0.15, -0.1) is 0 Å². The Hall–Kier alpha value is -0.610. The van der Waals surface area contributed by atoms with Crippen LogP contribution >= 0.6 is 0 Å². The lowest BCUT2D eigenvalue weighted by molar-refractivity contribution is -0.128. The van der Waals surface area contributed by atoms with Gasteiger partial charge in [0.05, 0.1) is 0 Å². The van der Waals surface area contributed by atoms with Gasteiger partial charge >= 0.3 is 0 Å². The normalized spacial score (nSPS) is 30.8. The number of rotatable bonds is 4. The highest BCUT2D eigenvalue weighted by Gasteiger charge is 2.31. The molecule has 0 aromatic heterocycles. The van der Waals surface area contributed by atoms with Gasteiger partial charge in [-0.25, -0.2) is 0 Å². The zero-order valence-corrected chi connectivity index (χ0v) is 12.1. The molecule has 3 atom stereocenters. The van der Waals surface area contributed by atoms with Gasteiger partial charge in [-0.3, -0.25) is 4.79 Å². The minimum absolute atomic E-state index is 0.140. The summed E-state index contributed by atoms with van der Waals surface area (Å²) < 4.78 is 5.38. The third-order valence-corrected chi connectivity index (χ3v) is 4.89. The molecule has 3 unspecified atom stereocenters. The summed E-state index contributed by atoms with van der Waals surface area (Å²) >= 11 is 0. The lowest BCUT2D eigenvalue weighted by atomic mass is 9.78. The Bertz CT molecular complexity index is 290. The van der Waals surface area contributed by atoms with E-state index in [1.54, 1.807) is 0 Å². The molecule has 2 aliphatic rings. The standard InChI is InChI=1S/C15H28N2O2/c1-11(12-6-8-19-9-7-12)17-15(18)14-5-3-2-4-13(14)10-16/h11-14H,2-10,16H2,1H3,(H,17,18). The second kappa shape index (κ2) is 7.25. The van der Waals surface area contributed by atoms with Crippen molar-refractivity contribution in [3.8, 4) is 0 Å². The Labute approximate surface area is 116 Å². The molecule has 19 heavy (non-hydrogen) atoms. The van der Waals surface area contributed by atoms with Gasteiger partial charge in [0.25, 0.3) is 0 Å². The highest BCUT2D eigenvalue weighted by Crippen LogP contribution is 2.30. The van der Waals surface area contributed by atoms with Crippen LogP contribution in [0.4, 0.5) is 0 Å². The molecule has 0 spiro atoms. The molecule has 1 aliphatic carbocycles. The zero-order valence-electron chi connectivity index (χ0n) is 12.1. The third kappa shape index (κ3) is 3.93. The fourth-order valence-corrected chi connectivity index (χ4v) is 3.50. The second-order valence-corrected chi connectivity index (χ2v) is 6.13. The van der Waals surface area contributed by atoms with Crippen LogP contribution in [-0.4, -0.2) is 31.7 Å². The van der Waals surface area contributed by atoms with Crippen LogP contribution in [0.25, 0.3) is 0 Å². The molecular formula is C15H28N2O2. The molecule has 0 aromatic carbocycles. The maximum Gasteiger partial charge on any atom is 0.223 e. The first-order valence-corrected chi connectivity index (χ1v) is 7.80. The molecule has 1 saturated heterocycles. The molecular weight excluding hydrogens is 240 g/mol. The molecule has 0 bridgehead atoms. The monoisotopic (exact) mass is 268 g/mol. The van der Waals surface area contributed by atoms with E-state index in [1.165, 1.54) is 12.8 Å². The number of carbonyl (C=O) groups is 1. The first-order chi connectivity index (χ1) is 9.22. The Kier molecular flexibility index (Phi) is 5.64. The van der Waals surface area contributed by atoms with Gasteiger partial charge < -0.3 is 15.8 Å². The van der Waals surface area contributed by atoms with Gasteiger partial charge in [-0.05, 0) is 51.0 Å². The molecule has 1 amide bonds. The summed E-state index contributed by atoms with van der Waals surface area (Å²) in [5, 5.41) is 3.23. The molecule has 3 N–H and O–H groups in total. The summed E-state index contributed by atoms with van der Waals surface area (Å²) in [7, 11) is 0. The van der Waals surface area contributed by atoms with Gasteiger partial charge in [-0.2, -0.15) is 0 Å². The van der Waals surface area contributed by atoms with Crippen molar-refractivity contribution in [1.29, 1.82) is 0 Å². The molecule has 0 radical (unpaired) electrons. The Balaban J connectivity index is 1.84. The van der Waals surface area contributed by atoms with E-state index in [0.717, 1.165) is 38.9 Å². The van der Waals surface area contributed by atoms with Crippen LogP contribution in [0.5, 0.6) is 0 Å². The quantitative estimate of drug-likeness (QED) is 0.815. The molecule has 0 aromatic rings. The van der Waals surface area contributed by atoms with Crippen LogP contribution in [0, 0.1) is 17.8 Å². The number of amides is 1. The van der Waals surface area contributed by atoms with E-state index in [9.17, 15) is 4.79 Å². The van der Waals surface area contributed by atoms with Crippen molar-refractivity contribution in [2.45, 2.75) is 51.5 Å². The molecule has 1 saturated carbocycles. The predicted octanol–water partition coefficient (Wildman–Crippen LogP) is 1.68. The maximum absolute atomic E-state index is 12.4. The lowest BCUT2D eigenvalue weighted by Crippen LogP contribution is -2.46. The Morgan fingerprint density at radius 2 is 1.95 bits per heavy atom. The number of hydrogen-bond acceptors (Lipinski definition) is 3. The van der Waals surface area contributed by atoms with Crippen LogP contribution in [0.3, 0.4) is 0 Å². The number of nitrogens with one attached hydrogen (secondary N) is 1. The first-order valence-electron chi connectivity index (χ1n) is 7.80. The van der Waals surface area contributed by atoms with Crippen molar-refractivity contribution in [3.63, 3.8) is 0 Å². The first kappa shape index (κ1) is 14.8. The van der Waals surface area contributed by atoms with Crippen molar-refractivity contribution in [2.75, 3.05) is 19.8 Å². The SMILES string of the molecule is CC(NC(=O)C1CCCCC1CN)C1CCOCC1. The number of carbonyl (C=O) groups excluding carboxylic acids is 1. The number of ether oxygens (including phenoxy) is 1. The minimum Gasteiger partial charge on any atom is -0.381 e. The van der Waals surface area contributed by atoms with Gasteiger partial charge in [0, 0.05) is 25.2 Å². The highest BCUT2D eigenvalue weighted by atomic mass is 16.5. The summed E-state index contributed by atoms with van der Waals surface area (Å²) in [6.45, 7) is 4.44. The van der Waals surface area contributed by atoms with E-state index in [4.69, 9.17) is 10.5 Å². The minimum atomic E-state index is 0.140. The molecule has 1 heterocycles. The molecule has 2 rings (SSSR count). The van der Waals surface area contributed by atoms with Crippen LogP contribution in [0.15, 0.2) is 0 Å². The van der Waals surface area contributed by atoms with Gasteiger partial charge in [0.15, 0.2) is 0 Å². The average Bonchev–Trinajstić information content (AvgIpc) is 2.48. The predicted molar refractivity (Wildman–Crippen MR) is 75.7 cm³/mol. The number of nitrogens with two attached hydrogens (primary N) is 1. The zero-order chi connectivity index (χ0) is 13.7. The summed E-state index contributed by atoms with van der Waals surface area (Å²) in [5.74, 6) is 1.32. The smallest absolute Gasteiger partial charge is 0.223 e. The van der Waals surface area contributed by atoms with E-state index in [0.29, 0.717) is 18.4 Å². The van der Waals surface area contributed by atoms with E-state index in [-0.39, 0.29) is 17.9 Å². The molecule has 4 nitrogen and oxygen atoms in total. The van der Waals surface area contributed by atoms with Crippen molar-refractivity contribution in [1.82, 2.24) is 5.32 Å². The van der Waals surface area contributed by atoms with Crippen molar-refractivity contribution < 1.29 is 9.53 Å². The van der Waals surface area contributed by atoms with Crippen LogP contribution in [-0.2, 0) is 9.53 Å². The fourth-order valence-electron chi connectivity index (χ4n) is 3.50. The van der Waals surface area contributed by atoms with E-state index < -0.39 is 0 Å². The Morgan fingerprint density at radius 1 is 1.26 bits per heavy atom. The van der Waals surface area contributed by atoms with Gasteiger partial charge in [-0.1, -0.05) is 12.8 Å². The van der Waals surface area contributed by atoms with Crippen LogP contribution in [0.2, 0.25) is 0 Å². The summed E-state index contributed by atoms with van der Waals surface area (Å²) in [4.78, 5) is 12.4. The van der Waals surface area contributed by atoms with Crippen molar-refractivity contribution in [3.05, 3.63) is 0 Å². The topological polar surface area (TPSA) is 64.4 Å². The Morgan fingerprint density at radius 3 is 2.63 bits per heavy atom. The van der Waals surface area contributed by atoms with Crippen molar-refractivity contribution in [2.24, 2.45) is 23.5 Å². The third-order valence-electron chi connectivity index (χ3n) is 4.89. The summed E-state index contributed by atoms with van der Waals surface area (Å²) in [5.41, 5.74) is 5.81. The van der Waals surface area contributed by atoms with Crippen LogP contribution < -0.4 is 11.1 Å². The van der Waals surface area contributed by atoms with E-state index in [1.807, 2.05) is 0 Å². The second-order valence-electron chi connectivity index (χ2n) is 6.13. The van der Waals surface area contributed by atoms with E-state index >= 15 is 0 Å². The molecule has 2 fully saturated rings. The lowest BCUT2D eigenvalue weighted by Gasteiger charge is -2.33. The van der Waals surface area contributed by atoms with E-state index in [2.05, 4.69) is 12.2 Å².